The van der Waals surface area contributed by atoms with Crippen molar-refractivity contribution in [2.24, 2.45) is 0 Å². The van der Waals surface area contributed by atoms with E-state index in [1.165, 1.54) is 11.6 Å². The predicted molar refractivity (Wildman–Crippen MR) is 111 cm³/mol. The molecule has 0 saturated heterocycles. The van der Waals surface area contributed by atoms with E-state index in [9.17, 15) is 10.1 Å². The van der Waals surface area contributed by atoms with Gasteiger partial charge in [0.1, 0.15) is 11.6 Å². The molecule has 0 bridgehead atoms. The molecule has 0 aliphatic heterocycles. The largest absolute Gasteiger partial charge is 0.493 e. The number of amides is 1. The number of ether oxygens (including phenoxy) is 2. The lowest BCUT2D eigenvalue weighted by atomic mass is 10.1. The zero-order valence-corrected chi connectivity index (χ0v) is 16.6. The lowest BCUT2D eigenvalue weighted by Crippen LogP contribution is -2.13. The van der Waals surface area contributed by atoms with Crippen LogP contribution in [-0.2, 0) is 11.2 Å². The fourth-order valence-electron chi connectivity index (χ4n) is 2.56. The number of carbonyl (C=O) groups is 1. The number of carbonyl (C=O) groups excluding carboxylic acids is 1. The molecule has 0 heterocycles. The third-order valence-electron chi connectivity index (χ3n) is 4.24. The maximum Gasteiger partial charge on any atom is 0.266 e. The van der Waals surface area contributed by atoms with E-state index in [0.29, 0.717) is 29.4 Å². The van der Waals surface area contributed by atoms with Crippen molar-refractivity contribution in [3.63, 3.8) is 0 Å². The van der Waals surface area contributed by atoms with Crippen LogP contribution in [0.5, 0.6) is 11.5 Å². The molecule has 0 unspecified atom stereocenters. The molecule has 2 aromatic carbocycles. The average Bonchev–Trinajstić information content (AvgIpc) is 2.73. The van der Waals surface area contributed by atoms with Gasteiger partial charge in [0.05, 0.1) is 13.7 Å². The Balaban J connectivity index is 2.15. The Kier molecular flexibility index (Phi) is 8.11. The van der Waals surface area contributed by atoms with Crippen LogP contribution in [0.3, 0.4) is 0 Å². The fourth-order valence-corrected chi connectivity index (χ4v) is 2.56. The zero-order chi connectivity index (χ0) is 20.4. The number of benzene rings is 2. The molecule has 0 fully saturated rings. The summed E-state index contributed by atoms with van der Waals surface area (Å²) in [5.74, 6) is 0.763. The molecule has 0 aliphatic rings. The van der Waals surface area contributed by atoms with Crippen molar-refractivity contribution in [2.75, 3.05) is 19.0 Å². The number of nitrogens with zero attached hydrogens (tertiary/aromatic N) is 1. The van der Waals surface area contributed by atoms with Crippen LogP contribution < -0.4 is 14.8 Å². The predicted octanol–water partition coefficient (Wildman–Crippen LogP) is 4.98. The summed E-state index contributed by atoms with van der Waals surface area (Å²) in [6.07, 6.45) is 4.47. The normalized spacial score (nSPS) is 10.9. The van der Waals surface area contributed by atoms with E-state index in [1.54, 1.807) is 25.3 Å². The molecule has 0 radical (unpaired) electrons. The molecule has 0 atom stereocenters. The Morgan fingerprint density at radius 1 is 1.14 bits per heavy atom. The molecule has 146 valence electrons. The Morgan fingerprint density at radius 2 is 1.89 bits per heavy atom. The molecule has 1 amide bonds. The van der Waals surface area contributed by atoms with Crippen molar-refractivity contribution in [3.8, 4) is 17.6 Å². The number of nitriles is 1. The van der Waals surface area contributed by atoms with Gasteiger partial charge in [-0.2, -0.15) is 5.26 Å². The average molecular weight is 378 g/mol. The van der Waals surface area contributed by atoms with Gasteiger partial charge in [0.15, 0.2) is 11.5 Å². The fraction of sp³-hybridized carbons (Fsp3) is 0.304. The summed E-state index contributed by atoms with van der Waals surface area (Å²) in [5.41, 5.74) is 2.54. The van der Waals surface area contributed by atoms with Gasteiger partial charge in [-0.25, -0.2) is 0 Å². The molecule has 2 rings (SSSR count). The van der Waals surface area contributed by atoms with Crippen molar-refractivity contribution in [3.05, 3.63) is 59.2 Å². The molecule has 5 heteroatoms. The zero-order valence-electron chi connectivity index (χ0n) is 16.6. The van der Waals surface area contributed by atoms with Crippen LogP contribution in [0.25, 0.3) is 6.08 Å². The van der Waals surface area contributed by atoms with Gasteiger partial charge in [-0.15, -0.1) is 0 Å². The highest BCUT2D eigenvalue weighted by Gasteiger charge is 2.11. The number of methoxy groups -OCH3 is 1. The molecule has 2 aromatic rings. The Morgan fingerprint density at radius 3 is 2.50 bits per heavy atom. The lowest BCUT2D eigenvalue weighted by Gasteiger charge is -2.11. The van der Waals surface area contributed by atoms with Gasteiger partial charge in [-0.05, 0) is 54.3 Å². The number of hydrogen-bond acceptors (Lipinski definition) is 4. The van der Waals surface area contributed by atoms with Gasteiger partial charge in [0.25, 0.3) is 5.91 Å². The second-order valence-electron chi connectivity index (χ2n) is 6.29. The number of nitrogens with one attached hydrogen (secondary N) is 1. The van der Waals surface area contributed by atoms with E-state index in [0.717, 1.165) is 19.3 Å². The van der Waals surface area contributed by atoms with Crippen molar-refractivity contribution >= 4 is 17.7 Å². The van der Waals surface area contributed by atoms with Crippen LogP contribution in [0.4, 0.5) is 5.69 Å². The Labute approximate surface area is 166 Å². The van der Waals surface area contributed by atoms with E-state index >= 15 is 0 Å². The lowest BCUT2D eigenvalue weighted by molar-refractivity contribution is -0.112. The summed E-state index contributed by atoms with van der Waals surface area (Å²) in [5, 5.41) is 12.2. The van der Waals surface area contributed by atoms with E-state index in [-0.39, 0.29) is 5.57 Å². The van der Waals surface area contributed by atoms with E-state index in [2.05, 4.69) is 19.2 Å². The number of rotatable bonds is 9. The van der Waals surface area contributed by atoms with Crippen LogP contribution in [0.1, 0.15) is 37.8 Å². The maximum absolute atomic E-state index is 12.4. The van der Waals surface area contributed by atoms with Crippen molar-refractivity contribution < 1.29 is 14.3 Å². The summed E-state index contributed by atoms with van der Waals surface area (Å²) < 4.78 is 11.1. The highest BCUT2D eigenvalue weighted by atomic mass is 16.5. The minimum absolute atomic E-state index is 0.0151. The minimum Gasteiger partial charge on any atom is -0.493 e. The van der Waals surface area contributed by atoms with Crippen LogP contribution in [0, 0.1) is 11.3 Å². The smallest absolute Gasteiger partial charge is 0.266 e. The molecule has 0 saturated carbocycles. The standard InChI is InChI=1S/C23H26N2O3/c1-4-6-13-28-21-12-9-18(15-22(21)27-3)14-19(16-24)23(26)25-20-10-7-17(5-2)8-11-20/h7-12,14-15H,4-6,13H2,1-3H3,(H,25,26)/b19-14+. The van der Waals surface area contributed by atoms with Crippen LogP contribution in [-0.4, -0.2) is 19.6 Å². The van der Waals surface area contributed by atoms with E-state index in [1.807, 2.05) is 30.3 Å². The molecule has 0 spiro atoms. The third-order valence-corrected chi connectivity index (χ3v) is 4.24. The first-order valence-corrected chi connectivity index (χ1v) is 9.44. The molecular weight excluding hydrogens is 352 g/mol. The molecule has 0 aromatic heterocycles. The highest BCUT2D eigenvalue weighted by molar-refractivity contribution is 6.09. The van der Waals surface area contributed by atoms with Gasteiger partial charge in [0, 0.05) is 5.69 Å². The summed E-state index contributed by atoms with van der Waals surface area (Å²) in [7, 11) is 1.56. The summed E-state index contributed by atoms with van der Waals surface area (Å²) in [6.45, 7) is 4.78. The second kappa shape index (κ2) is 10.8. The molecular formula is C23H26N2O3. The van der Waals surface area contributed by atoms with Crippen LogP contribution in [0.2, 0.25) is 0 Å². The van der Waals surface area contributed by atoms with Gasteiger partial charge in [-0.3, -0.25) is 4.79 Å². The van der Waals surface area contributed by atoms with Gasteiger partial charge in [-0.1, -0.05) is 38.5 Å². The third kappa shape index (κ3) is 5.88. The molecule has 0 aliphatic carbocycles. The first-order chi connectivity index (χ1) is 13.6. The topological polar surface area (TPSA) is 71.3 Å². The highest BCUT2D eigenvalue weighted by Crippen LogP contribution is 2.29. The minimum atomic E-state index is -0.450. The van der Waals surface area contributed by atoms with Crippen LogP contribution in [0.15, 0.2) is 48.0 Å². The van der Waals surface area contributed by atoms with E-state index < -0.39 is 5.91 Å². The second-order valence-corrected chi connectivity index (χ2v) is 6.29. The number of hydrogen-bond donors (Lipinski definition) is 1. The molecule has 1 N–H and O–H groups in total. The first kappa shape index (κ1) is 21.0. The summed E-state index contributed by atoms with van der Waals surface area (Å²) >= 11 is 0. The molecule has 28 heavy (non-hydrogen) atoms. The Bertz CT molecular complexity index is 864. The first-order valence-electron chi connectivity index (χ1n) is 9.44. The van der Waals surface area contributed by atoms with Gasteiger partial charge >= 0.3 is 0 Å². The SMILES string of the molecule is CCCCOc1ccc(/C=C(\C#N)C(=O)Nc2ccc(CC)cc2)cc1OC. The summed E-state index contributed by atoms with van der Waals surface area (Å²) in [4.78, 5) is 12.4. The van der Waals surface area contributed by atoms with Crippen molar-refractivity contribution in [2.45, 2.75) is 33.1 Å². The van der Waals surface area contributed by atoms with Crippen LogP contribution >= 0.6 is 0 Å². The van der Waals surface area contributed by atoms with Gasteiger partial charge in [0.2, 0.25) is 0 Å². The maximum atomic E-state index is 12.4. The summed E-state index contributed by atoms with van der Waals surface area (Å²) in [6, 6.07) is 14.9. The van der Waals surface area contributed by atoms with Gasteiger partial charge < -0.3 is 14.8 Å². The number of unbranched alkanes of at least 4 members (excludes halogenated alkanes) is 1. The van der Waals surface area contributed by atoms with E-state index in [4.69, 9.17) is 9.47 Å². The van der Waals surface area contributed by atoms with Crippen molar-refractivity contribution in [1.29, 1.82) is 5.26 Å². The quantitative estimate of drug-likeness (QED) is 0.379. The Hall–Kier alpha value is -3.26. The number of aryl methyl sites for hydroxylation is 1. The van der Waals surface area contributed by atoms with Crippen molar-refractivity contribution in [1.82, 2.24) is 0 Å². The monoisotopic (exact) mass is 378 g/mol. The molecule has 5 nitrogen and oxygen atoms in total. The number of anilines is 1.